The minimum atomic E-state index is -4.37. The summed E-state index contributed by atoms with van der Waals surface area (Å²) in [6, 6.07) is 8.38. The zero-order valence-corrected chi connectivity index (χ0v) is 10.8. The second-order valence-electron chi connectivity index (χ2n) is 4.50. The monoisotopic (exact) mass is 281 g/mol. The fourth-order valence-electron chi connectivity index (χ4n) is 1.74. The van der Waals surface area contributed by atoms with Gasteiger partial charge in [-0.05, 0) is 42.8 Å². The third-order valence-electron chi connectivity index (χ3n) is 2.93. The van der Waals surface area contributed by atoms with Gasteiger partial charge in [0.05, 0.1) is 16.9 Å². The topological polar surface area (TPSA) is 64.1 Å². The Hall–Kier alpha value is -2.37. The molecule has 0 saturated heterocycles. The van der Waals surface area contributed by atoms with E-state index in [-0.39, 0.29) is 0 Å². The molecule has 20 heavy (non-hydrogen) atoms. The standard InChI is InChI=1S/C14H14F3N3/c1-8-2-3-9(14(15,16)17)6-13(8)20-10-4-5-11(18)12(19)7-10/h2-7,20H,18-19H2,1H3. The lowest BCUT2D eigenvalue weighted by molar-refractivity contribution is -0.137. The van der Waals surface area contributed by atoms with E-state index >= 15 is 0 Å². The molecule has 2 rings (SSSR count). The Morgan fingerprint density at radius 3 is 2.25 bits per heavy atom. The van der Waals surface area contributed by atoms with Crippen LogP contribution in [0.1, 0.15) is 11.1 Å². The van der Waals surface area contributed by atoms with E-state index in [0.29, 0.717) is 28.3 Å². The summed E-state index contributed by atoms with van der Waals surface area (Å²) in [5.41, 5.74) is 13.0. The van der Waals surface area contributed by atoms with Gasteiger partial charge >= 0.3 is 6.18 Å². The summed E-state index contributed by atoms with van der Waals surface area (Å²) in [4.78, 5) is 0. The fraction of sp³-hybridized carbons (Fsp3) is 0.143. The van der Waals surface area contributed by atoms with E-state index in [1.54, 1.807) is 25.1 Å². The number of hydrogen-bond acceptors (Lipinski definition) is 3. The third-order valence-corrected chi connectivity index (χ3v) is 2.93. The number of halogens is 3. The number of aryl methyl sites for hydroxylation is 1. The first-order chi connectivity index (χ1) is 9.27. The average Bonchev–Trinajstić information content (AvgIpc) is 2.35. The minimum Gasteiger partial charge on any atom is -0.397 e. The second-order valence-corrected chi connectivity index (χ2v) is 4.50. The van der Waals surface area contributed by atoms with E-state index in [2.05, 4.69) is 5.32 Å². The Kier molecular flexibility index (Phi) is 3.48. The van der Waals surface area contributed by atoms with Crippen molar-refractivity contribution in [2.45, 2.75) is 13.1 Å². The molecule has 0 unspecified atom stereocenters. The molecule has 0 saturated carbocycles. The van der Waals surface area contributed by atoms with Gasteiger partial charge in [0.15, 0.2) is 0 Å². The van der Waals surface area contributed by atoms with Crippen LogP contribution < -0.4 is 16.8 Å². The Morgan fingerprint density at radius 1 is 0.950 bits per heavy atom. The van der Waals surface area contributed by atoms with Crippen LogP contribution in [0.5, 0.6) is 0 Å². The van der Waals surface area contributed by atoms with Crippen LogP contribution >= 0.6 is 0 Å². The largest absolute Gasteiger partial charge is 0.416 e. The molecule has 106 valence electrons. The van der Waals surface area contributed by atoms with E-state index in [1.807, 2.05) is 0 Å². The number of nitrogen functional groups attached to an aromatic ring is 2. The van der Waals surface area contributed by atoms with E-state index in [4.69, 9.17) is 11.5 Å². The number of hydrogen-bond donors (Lipinski definition) is 3. The highest BCUT2D eigenvalue weighted by molar-refractivity contribution is 5.73. The Bertz CT molecular complexity index is 636. The SMILES string of the molecule is Cc1ccc(C(F)(F)F)cc1Nc1ccc(N)c(N)c1. The molecule has 0 aliphatic carbocycles. The Balaban J connectivity index is 2.35. The highest BCUT2D eigenvalue weighted by atomic mass is 19.4. The van der Waals surface area contributed by atoms with Crippen molar-refractivity contribution in [1.82, 2.24) is 0 Å². The summed E-state index contributed by atoms with van der Waals surface area (Å²) in [6.07, 6.45) is -4.37. The molecule has 0 bridgehead atoms. The van der Waals surface area contributed by atoms with Crippen molar-refractivity contribution < 1.29 is 13.2 Å². The molecular formula is C14H14F3N3. The number of rotatable bonds is 2. The molecule has 2 aromatic rings. The van der Waals surface area contributed by atoms with Gasteiger partial charge in [-0.15, -0.1) is 0 Å². The van der Waals surface area contributed by atoms with Crippen molar-refractivity contribution in [3.05, 3.63) is 47.5 Å². The lowest BCUT2D eigenvalue weighted by Crippen LogP contribution is -2.06. The zero-order valence-electron chi connectivity index (χ0n) is 10.8. The molecule has 2 aromatic carbocycles. The fourth-order valence-corrected chi connectivity index (χ4v) is 1.74. The smallest absolute Gasteiger partial charge is 0.397 e. The van der Waals surface area contributed by atoms with Crippen LogP contribution in [0.4, 0.5) is 35.9 Å². The summed E-state index contributed by atoms with van der Waals surface area (Å²) < 4.78 is 38.1. The van der Waals surface area contributed by atoms with Crippen molar-refractivity contribution >= 4 is 22.7 Å². The van der Waals surface area contributed by atoms with Crippen LogP contribution in [0.3, 0.4) is 0 Å². The molecular weight excluding hydrogens is 267 g/mol. The molecule has 0 amide bonds. The van der Waals surface area contributed by atoms with Crippen molar-refractivity contribution in [3.63, 3.8) is 0 Å². The number of alkyl halides is 3. The highest BCUT2D eigenvalue weighted by Gasteiger charge is 2.30. The normalized spacial score (nSPS) is 11.4. The predicted octanol–water partition coefficient (Wildman–Crippen LogP) is 3.92. The van der Waals surface area contributed by atoms with E-state index < -0.39 is 11.7 Å². The van der Waals surface area contributed by atoms with Crippen molar-refractivity contribution in [3.8, 4) is 0 Å². The summed E-state index contributed by atoms with van der Waals surface area (Å²) in [5, 5.41) is 2.92. The summed E-state index contributed by atoms with van der Waals surface area (Å²) in [5.74, 6) is 0. The maximum absolute atomic E-state index is 12.7. The van der Waals surface area contributed by atoms with Crippen LogP contribution in [0.2, 0.25) is 0 Å². The lowest BCUT2D eigenvalue weighted by atomic mass is 10.1. The van der Waals surface area contributed by atoms with Gasteiger partial charge in [-0.3, -0.25) is 0 Å². The second kappa shape index (κ2) is 4.96. The molecule has 0 heterocycles. The Morgan fingerprint density at radius 2 is 1.65 bits per heavy atom. The highest BCUT2D eigenvalue weighted by Crippen LogP contribution is 2.33. The molecule has 0 atom stereocenters. The third kappa shape index (κ3) is 2.96. The van der Waals surface area contributed by atoms with Crippen molar-refractivity contribution in [1.29, 1.82) is 0 Å². The number of benzene rings is 2. The molecule has 3 nitrogen and oxygen atoms in total. The van der Waals surface area contributed by atoms with Crippen LogP contribution in [0, 0.1) is 6.92 Å². The summed E-state index contributed by atoms with van der Waals surface area (Å²) in [7, 11) is 0. The molecule has 0 spiro atoms. The predicted molar refractivity (Wildman–Crippen MR) is 74.7 cm³/mol. The number of nitrogens with one attached hydrogen (secondary N) is 1. The average molecular weight is 281 g/mol. The van der Waals surface area contributed by atoms with Gasteiger partial charge in [0.25, 0.3) is 0 Å². The maximum atomic E-state index is 12.7. The first-order valence-electron chi connectivity index (χ1n) is 5.87. The van der Waals surface area contributed by atoms with Crippen LogP contribution in [-0.2, 0) is 6.18 Å². The quantitative estimate of drug-likeness (QED) is 0.731. The van der Waals surface area contributed by atoms with Gasteiger partial charge in [0, 0.05) is 11.4 Å². The van der Waals surface area contributed by atoms with Gasteiger partial charge in [0.2, 0.25) is 0 Å². The summed E-state index contributed by atoms with van der Waals surface area (Å²) >= 11 is 0. The van der Waals surface area contributed by atoms with E-state index in [9.17, 15) is 13.2 Å². The van der Waals surface area contributed by atoms with Crippen molar-refractivity contribution in [2.24, 2.45) is 0 Å². The lowest BCUT2D eigenvalue weighted by Gasteiger charge is -2.14. The first kappa shape index (κ1) is 14.0. The molecule has 0 aromatic heterocycles. The molecule has 0 fully saturated rings. The van der Waals surface area contributed by atoms with Crippen LogP contribution in [0.25, 0.3) is 0 Å². The zero-order chi connectivity index (χ0) is 14.9. The van der Waals surface area contributed by atoms with E-state index in [1.165, 1.54) is 6.07 Å². The molecule has 0 aliphatic heterocycles. The van der Waals surface area contributed by atoms with Gasteiger partial charge in [-0.2, -0.15) is 13.2 Å². The Labute approximate surface area is 114 Å². The number of nitrogens with two attached hydrogens (primary N) is 2. The van der Waals surface area contributed by atoms with E-state index in [0.717, 1.165) is 12.1 Å². The van der Waals surface area contributed by atoms with Gasteiger partial charge in [0.1, 0.15) is 0 Å². The summed E-state index contributed by atoms with van der Waals surface area (Å²) in [6.45, 7) is 1.73. The minimum absolute atomic E-state index is 0.375. The molecule has 5 N–H and O–H groups in total. The molecule has 6 heteroatoms. The van der Waals surface area contributed by atoms with Gasteiger partial charge in [-0.1, -0.05) is 6.07 Å². The molecule has 0 aliphatic rings. The van der Waals surface area contributed by atoms with Gasteiger partial charge < -0.3 is 16.8 Å². The number of anilines is 4. The maximum Gasteiger partial charge on any atom is 0.416 e. The van der Waals surface area contributed by atoms with Crippen LogP contribution in [0.15, 0.2) is 36.4 Å². The van der Waals surface area contributed by atoms with Crippen molar-refractivity contribution in [2.75, 3.05) is 16.8 Å². The molecule has 0 radical (unpaired) electrons. The van der Waals surface area contributed by atoms with Gasteiger partial charge in [-0.25, -0.2) is 0 Å². The van der Waals surface area contributed by atoms with Crippen LogP contribution in [-0.4, -0.2) is 0 Å². The first-order valence-corrected chi connectivity index (χ1v) is 5.87.